The molecule has 0 saturated heterocycles. The first kappa shape index (κ1) is 18.7. The van der Waals surface area contributed by atoms with Gasteiger partial charge in [-0.3, -0.25) is 0 Å². The van der Waals surface area contributed by atoms with Crippen molar-refractivity contribution in [1.82, 2.24) is 4.31 Å². The van der Waals surface area contributed by atoms with Crippen LogP contribution in [0, 0.1) is 30.2 Å². The van der Waals surface area contributed by atoms with Gasteiger partial charge in [0, 0.05) is 18.5 Å². The first-order valence-electron chi connectivity index (χ1n) is 6.52. The molecule has 0 radical (unpaired) electrons. The van der Waals surface area contributed by atoms with Crippen molar-refractivity contribution in [2.75, 3.05) is 14.2 Å². The third-order valence-corrected chi connectivity index (χ3v) is 6.22. The molecule has 0 N–H and O–H groups in total. The number of hydrogen-bond donors (Lipinski definition) is 0. The minimum Gasteiger partial charge on any atom is -0.491 e. The van der Waals surface area contributed by atoms with Crippen molar-refractivity contribution in [3.63, 3.8) is 0 Å². The summed E-state index contributed by atoms with van der Waals surface area (Å²) in [5, 5.41) is 1.72. The standard InChI is InChI=1S/C14H13F4NO3S2/c1-7-4-5-23-8(7)6-19(2)24(20,21)14-11(17)9(15)13(22-3)10(16)12(14)18/h4-5H,6H2,1-3H3. The minimum absolute atomic E-state index is 0.194. The Labute approximate surface area is 140 Å². The van der Waals surface area contributed by atoms with Crippen LogP contribution >= 0.6 is 11.3 Å². The van der Waals surface area contributed by atoms with Gasteiger partial charge in [-0.25, -0.2) is 17.2 Å². The summed E-state index contributed by atoms with van der Waals surface area (Å²) in [7, 11) is -2.94. The molecule has 2 rings (SSSR count). The summed E-state index contributed by atoms with van der Waals surface area (Å²) in [5.41, 5.74) is 0.787. The van der Waals surface area contributed by atoms with Gasteiger partial charge in [-0.05, 0) is 23.9 Å². The normalized spacial score (nSPS) is 12.0. The fourth-order valence-electron chi connectivity index (χ4n) is 2.01. The predicted octanol–water partition coefficient (Wildman–Crippen LogP) is 3.44. The van der Waals surface area contributed by atoms with Crippen LogP contribution in [0.25, 0.3) is 0 Å². The molecule has 132 valence electrons. The zero-order chi connectivity index (χ0) is 18.2. The van der Waals surface area contributed by atoms with Gasteiger partial charge in [-0.1, -0.05) is 0 Å². The van der Waals surface area contributed by atoms with Crippen LogP contribution in [0.3, 0.4) is 0 Å². The van der Waals surface area contributed by atoms with Crippen molar-refractivity contribution in [2.24, 2.45) is 0 Å². The second-order valence-electron chi connectivity index (χ2n) is 4.91. The number of sulfonamides is 1. The van der Waals surface area contributed by atoms with Gasteiger partial charge in [-0.2, -0.15) is 13.1 Å². The highest BCUT2D eigenvalue weighted by molar-refractivity contribution is 7.89. The summed E-state index contributed by atoms with van der Waals surface area (Å²) >= 11 is 1.25. The zero-order valence-corrected chi connectivity index (χ0v) is 14.5. The lowest BCUT2D eigenvalue weighted by molar-refractivity contribution is 0.320. The van der Waals surface area contributed by atoms with E-state index in [9.17, 15) is 26.0 Å². The second-order valence-corrected chi connectivity index (χ2v) is 7.89. The van der Waals surface area contributed by atoms with Crippen molar-refractivity contribution >= 4 is 21.4 Å². The van der Waals surface area contributed by atoms with E-state index >= 15 is 0 Å². The minimum atomic E-state index is -4.81. The van der Waals surface area contributed by atoms with E-state index < -0.39 is 43.9 Å². The van der Waals surface area contributed by atoms with Crippen molar-refractivity contribution in [3.05, 3.63) is 45.2 Å². The first-order valence-corrected chi connectivity index (χ1v) is 8.84. The molecule has 2 aromatic rings. The fourth-order valence-corrected chi connectivity index (χ4v) is 4.29. The van der Waals surface area contributed by atoms with Crippen LogP contribution in [0.15, 0.2) is 16.3 Å². The van der Waals surface area contributed by atoms with E-state index in [4.69, 9.17) is 0 Å². The summed E-state index contributed by atoms with van der Waals surface area (Å²) in [6, 6.07) is 1.74. The smallest absolute Gasteiger partial charge is 0.249 e. The van der Waals surface area contributed by atoms with Crippen LogP contribution < -0.4 is 4.74 Å². The molecular formula is C14H13F4NO3S2. The molecule has 0 unspecified atom stereocenters. The van der Waals surface area contributed by atoms with Crippen LogP contribution in [0.2, 0.25) is 0 Å². The Morgan fingerprint density at radius 3 is 2.08 bits per heavy atom. The molecule has 0 saturated carbocycles. The molecule has 1 aromatic carbocycles. The summed E-state index contributed by atoms with van der Waals surface area (Å²) < 4.78 is 85.2. The highest BCUT2D eigenvalue weighted by atomic mass is 32.2. The number of hydrogen-bond acceptors (Lipinski definition) is 4. The van der Waals surface area contributed by atoms with Gasteiger partial charge in [0.05, 0.1) is 7.11 Å². The summed E-state index contributed by atoms with van der Waals surface area (Å²) in [5.74, 6) is -9.19. The Hall–Kier alpha value is -1.65. The fraction of sp³-hybridized carbons (Fsp3) is 0.286. The zero-order valence-electron chi connectivity index (χ0n) is 12.9. The van der Waals surface area contributed by atoms with Crippen LogP contribution in [0.1, 0.15) is 10.4 Å². The molecule has 0 spiro atoms. The van der Waals surface area contributed by atoms with Crippen LogP contribution in [0.4, 0.5) is 17.6 Å². The van der Waals surface area contributed by atoms with E-state index in [1.54, 1.807) is 18.4 Å². The van der Waals surface area contributed by atoms with E-state index in [2.05, 4.69) is 4.74 Å². The molecule has 0 fully saturated rings. The number of ether oxygens (including phenoxy) is 1. The Morgan fingerprint density at radius 1 is 1.12 bits per heavy atom. The van der Waals surface area contributed by atoms with Gasteiger partial charge in [0.1, 0.15) is 0 Å². The Morgan fingerprint density at radius 2 is 1.67 bits per heavy atom. The number of nitrogens with zero attached hydrogens (tertiary/aromatic N) is 1. The van der Waals surface area contributed by atoms with Gasteiger partial charge in [0.15, 0.2) is 22.3 Å². The number of thiophene rings is 1. The quantitative estimate of drug-likeness (QED) is 0.587. The average Bonchev–Trinajstić information content (AvgIpc) is 2.91. The van der Waals surface area contributed by atoms with Gasteiger partial charge in [-0.15, -0.1) is 11.3 Å². The molecule has 4 nitrogen and oxygen atoms in total. The molecule has 24 heavy (non-hydrogen) atoms. The Balaban J connectivity index is 2.56. The van der Waals surface area contributed by atoms with Crippen LogP contribution in [-0.4, -0.2) is 26.9 Å². The van der Waals surface area contributed by atoms with Crippen molar-refractivity contribution < 1.29 is 30.7 Å². The third kappa shape index (κ3) is 3.01. The largest absolute Gasteiger partial charge is 0.491 e. The third-order valence-electron chi connectivity index (χ3n) is 3.39. The van der Waals surface area contributed by atoms with Gasteiger partial charge >= 0.3 is 0 Å². The molecule has 0 aliphatic carbocycles. The first-order chi connectivity index (χ1) is 11.1. The summed E-state index contributed by atoms with van der Waals surface area (Å²) in [4.78, 5) is -1.05. The topological polar surface area (TPSA) is 46.6 Å². The maximum absolute atomic E-state index is 14.0. The Bertz CT molecular complexity index is 851. The number of benzene rings is 1. The van der Waals surface area contributed by atoms with Crippen molar-refractivity contribution in [3.8, 4) is 5.75 Å². The maximum Gasteiger partial charge on any atom is 0.249 e. The molecule has 1 heterocycles. The van der Waals surface area contributed by atoms with Crippen LogP contribution in [-0.2, 0) is 16.6 Å². The van der Waals surface area contributed by atoms with Gasteiger partial charge in [0.2, 0.25) is 21.7 Å². The molecule has 0 aliphatic rings. The molecule has 0 atom stereocenters. The van der Waals surface area contributed by atoms with E-state index in [1.807, 2.05) is 0 Å². The van der Waals surface area contributed by atoms with Crippen molar-refractivity contribution in [2.45, 2.75) is 18.4 Å². The Kier molecular flexibility index (Phi) is 5.21. The number of methoxy groups -OCH3 is 1. The summed E-state index contributed by atoms with van der Waals surface area (Å²) in [6.45, 7) is 1.54. The van der Waals surface area contributed by atoms with E-state index in [0.29, 0.717) is 9.18 Å². The van der Waals surface area contributed by atoms with Gasteiger partial charge in [0.25, 0.3) is 0 Å². The number of rotatable bonds is 5. The second kappa shape index (κ2) is 6.69. The lowest BCUT2D eigenvalue weighted by atomic mass is 10.3. The maximum atomic E-state index is 14.0. The molecule has 0 amide bonds. The molecular weight excluding hydrogens is 370 g/mol. The average molecular weight is 383 g/mol. The molecule has 0 aliphatic heterocycles. The SMILES string of the molecule is COc1c(F)c(F)c(S(=O)(=O)N(C)Cc2sccc2C)c(F)c1F. The van der Waals surface area contributed by atoms with E-state index in [0.717, 1.165) is 19.7 Å². The van der Waals surface area contributed by atoms with E-state index in [-0.39, 0.29) is 6.54 Å². The van der Waals surface area contributed by atoms with Crippen molar-refractivity contribution in [1.29, 1.82) is 0 Å². The molecule has 1 aromatic heterocycles. The predicted molar refractivity (Wildman–Crippen MR) is 80.5 cm³/mol. The molecule has 10 heteroatoms. The molecule has 0 bridgehead atoms. The summed E-state index contributed by atoms with van der Waals surface area (Å²) in [6.07, 6.45) is 0. The highest BCUT2D eigenvalue weighted by Crippen LogP contribution is 2.34. The highest BCUT2D eigenvalue weighted by Gasteiger charge is 2.36. The van der Waals surface area contributed by atoms with E-state index in [1.165, 1.54) is 11.3 Å². The van der Waals surface area contributed by atoms with Gasteiger partial charge < -0.3 is 4.74 Å². The lowest BCUT2D eigenvalue weighted by Crippen LogP contribution is -2.29. The number of aryl methyl sites for hydroxylation is 1. The van der Waals surface area contributed by atoms with Crippen LogP contribution in [0.5, 0.6) is 5.75 Å². The monoisotopic (exact) mass is 383 g/mol. The lowest BCUT2D eigenvalue weighted by Gasteiger charge is -2.19. The number of halogens is 4.